The molecular formula is C32H9F10N5. The molecule has 0 heterocycles. The normalized spacial score (nSPS) is 15.8. The highest BCUT2D eigenvalue weighted by Crippen LogP contribution is 2.57. The van der Waals surface area contributed by atoms with Crippen molar-refractivity contribution in [1.29, 1.82) is 26.3 Å². The van der Waals surface area contributed by atoms with Gasteiger partial charge in [0.05, 0.1) is 51.1 Å². The molecule has 0 radical (unpaired) electrons. The van der Waals surface area contributed by atoms with Crippen LogP contribution >= 0.6 is 0 Å². The predicted octanol–water partition coefficient (Wildman–Crippen LogP) is 8.58. The summed E-state index contributed by atoms with van der Waals surface area (Å²) in [5.41, 5.74) is -12.2. The van der Waals surface area contributed by atoms with Crippen LogP contribution in [0.5, 0.6) is 0 Å². The Morgan fingerprint density at radius 3 is 1.38 bits per heavy atom. The first-order chi connectivity index (χ1) is 22.0. The summed E-state index contributed by atoms with van der Waals surface area (Å²) in [7, 11) is 0. The molecule has 1 aliphatic rings. The minimum absolute atomic E-state index is 0.187. The van der Waals surface area contributed by atoms with Crippen molar-refractivity contribution in [2.75, 3.05) is 0 Å². The Kier molecular flexibility index (Phi) is 8.46. The Balaban J connectivity index is 2.25. The average Bonchev–Trinajstić information content (AvgIpc) is 3.72. The van der Waals surface area contributed by atoms with Crippen LogP contribution in [0.2, 0.25) is 0 Å². The van der Waals surface area contributed by atoms with E-state index in [4.69, 9.17) is 0 Å². The van der Waals surface area contributed by atoms with Crippen LogP contribution in [0, 0.1) is 86.8 Å². The lowest BCUT2D eigenvalue weighted by molar-refractivity contribution is -0.143. The maximum Gasteiger partial charge on any atom is 0.422 e. The highest BCUT2D eigenvalue weighted by molar-refractivity contribution is 6.12. The van der Waals surface area contributed by atoms with E-state index >= 15 is 8.78 Å². The fourth-order valence-corrected chi connectivity index (χ4v) is 4.78. The molecule has 0 aromatic heterocycles. The summed E-state index contributed by atoms with van der Waals surface area (Å²) in [4.78, 5) is 0. The lowest BCUT2D eigenvalue weighted by Crippen LogP contribution is -2.17. The van der Waals surface area contributed by atoms with E-state index in [1.807, 2.05) is 0 Å². The minimum atomic E-state index is -5.93. The molecule has 3 aromatic rings. The fourth-order valence-electron chi connectivity index (χ4n) is 4.78. The highest BCUT2D eigenvalue weighted by atomic mass is 19.4. The molecular weight excluding hydrogens is 644 g/mol. The van der Waals surface area contributed by atoms with Gasteiger partial charge in [0.2, 0.25) is 0 Å². The number of benzene rings is 3. The van der Waals surface area contributed by atoms with Crippen LogP contribution in [0.25, 0.3) is 16.7 Å². The van der Waals surface area contributed by atoms with Crippen LogP contribution in [-0.4, -0.2) is 0 Å². The first-order valence-corrected chi connectivity index (χ1v) is 12.5. The zero-order valence-electron chi connectivity index (χ0n) is 23.0. The standard InChI is InChI=1S/C32H9F10N5/c1-13-2-4-17(14(6-13)8-43)19(10-45)22-23(20(11-46)18-5-3-16(31(37,38)39)7-15(18)9-44)24(22)21(12-47)25-27(33)29(35)26(32(40,41)42)30(36)28(25)34/h2-7H,1H3/b22-19-,23-20?,24-21-. The Labute approximate surface area is 257 Å². The maximum atomic E-state index is 15.1. The predicted molar refractivity (Wildman–Crippen MR) is 141 cm³/mol. The molecule has 0 atom stereocenters. The van der Waals surface area contributed by atoms with Gasteiger partial charge in [-0.25, -0.2) is 17.6 Å². The van der Waals surface area contributed by atoms with Crippen molar-refractivity contribution < 1.29 is 43.9 Å². The zero-order chi connectivity index (χ0) is 35.2. The fraction of sp³-hybridized carbons (Fsp3) is 0.0938. The summed E-state index contributed by atoms with van der Waals surface area (Å²) in [5, 5.41) is 49.4. The molecule has 0 bridgehead atoms. The van der Waals surface area contributed by atoms with Gasteiger partial charge in [0.25, 0.3) is 0 Å². The highest BCUT2D eigenvalue weighted by Gasteiger charge is 2.46. The third-order valence-corrected chi connectivity index (χ3v) is 6.87. The van der Waals surface area contributed by atoms with Gasteiger partial charge in [-0.1, -0.05) is 18.2 Å². The van der Waals surface area contributed by atoms with E-state index in [-0.39, 0.29) is 11.1 Å². The van der Waals surface area contributed by atoms with Gasteiger partial charge >= 0.3 is 12.4 Å². The van der Waals surface area contributed by atoms with E-state index in [2.05, 4.69) is 0 Å². The topological polar surface area (TPSA) is 119 Å². The molecule has 0 spiro atoms. The van der Waals surface area contributed by atoms with Crippen molar-refractivity contribution in [3.63, 3.8) is 0 Å². The lowest BCUT2D eigenvalue weighted by atomic mass is 9.96. The Morgan fingerprint density at radius 1 is 0.553 bits per heavy atom. The largest absolute Gasteiger partial charge is 0.422 e. The summed E-state index contributed by atoms with van der Waals surface area (Å²) in [5.74, 6) is -11.2. The maximum absolute atomic E-state index is 15.1. The van der Waals surface area contributed by atoms with Gasteiger partial charge in [-0.05, 0) is 30.7 Å². The number of nitriles is 5. The number of alkyl halides is 6. The van der Waals surface area contributed by atoms with E-state index in [9.17, 15) is 61.4 Å². The van der Waals surface area contributed by atoms with Crippen molar-refractivity contribution in [1.82, 2.24) is 0 Å². The van der Waals surface area contributed by atoms with Gasteiger partial charge in [0, 0.05) is 27.8 Å². The number of hydrogen-bond donors (Lipinski definition) is 0. The van der Waals surface area contributed by atoms with Gasteiger partial charge in [-0.15, -0.1) is 0 Å². The van der Waals surface area contributed by atoms with Crippen molar-refractivity contribution >= 4 is 16.7 Å². The number of rotatable bonds is 3. The molecule has 0 aliphatic heterocycles. The van der Waals surface area contributed by atoms with Gasteiger partial charge < -0.3 is 0 Å². The van der Waals surface area contributed by atoms with E-state index in [1.165, 1.54) is 30.3 Å². The third kappa shape index (κ3) is 5.65. The zero-order valence-corrected chi connectivity index (χ0v) is 23.0. The van der Waals surface area contributed by atoms with Crippen molar-refractivity contribution in [2.45, 2.75) is 19.3 Å². The summed E-state index contributed by atoms with van der Waals surface area (Å²) in [6.07, 6.45) is -10.9. The van der Waals surface area contributed by atoms with Crippen molar-refractivity contribution in [2.24, 2.45) is 0 Å². The van der Waals surface area contributed by atoms with Crippen molar-refractivity contribution in [3.8, 4) is 30.3 Å². The third-order valence-electron chi connectivity index (χ3n) is 6.87. The van der Waals surface area contributed by atoms with Crippen LogP contribution in [0.1, 0.15) is 44.5 Å². The second-order valence-corrected chi connectivity index (χ2v) is 9.62. The Bertz CT molecular complexity index is 2190. The van der Waals surface area contributed by atoms with Gasteiger partial charge in [0.15, 0.2) is 23.3 Å². The monoisotopic (exact) mass is 653 g/mol. The van der Waals surface area contributed by atoms with Crippen LogP contribution in [0.4, 0.5) is 43.9 Å². The summed E-state index contributed by atoms with van der Waals surface area (Å²) >= 11 is 0. The van der Waals surface area contributed by atoms with E-state index < -0.39 is 96.9 Å². The Morgan fingerprint density at radius 2 is 0.979 bits per heavy atom. The second kappa shape index (κ2) is 11.9. The molecule has 4 rings (SSSR count). The van der Waals surface area contributed by atoms with E-state index in [0.29, 0.717) is 23.8 Å². The molecule has 3 aromatic carbocycles. The van der Waals surface area contributed by atoms with Gasteiger partial charge in [-0.3, -0.25) is 0 Å². The first kappa shape index (κ1) is 33.5. The summed E-state index contributed by atoms with van der Waals surface area (Å²) in [6.45, 7) is 1.56. The van der Waals surface area contributed by atoms with Gasteiger partial charge in [0.1, 0.15) is 23.8 Å². The van der Waals surface area contributed by atoms with Crippen LogP contribution in [0.15, 0.2) is 53.1 Å². The lowest BCUT2D eigenvalue weighted by Gasteiger charge is -2.13. The van der Waals surface area contributed by atoms with E-state index in [0.717, 1.165) is 0 Å². The Hall–Kier alpha value is -6.37. The second-order valence-electron chi connectivity index (χ2n) is 9.62. The van der Waals surface area contributed by atoms with Crippen molar-refractivity contribution in [3.05, 3.63) is 121 Å². The van der Waals surface area contributed by atoms with E-state index in [1.54, 1.807) is 25.1 Å². The molecule has 47 heavy (non-hydrogen) atoms. The van der Waals surface area contributed by atoms with Gasteiger partial charge in [-0.2, -0.15) is 52.7 Å². The average molecular weight is 653 g/mol. The molecule has 1 fully saturated rings. The van der Waals surface area contributed by atoms with Crippen LogP contribution < -0.4 is 0 Å². The molecule has 0 amide bonds. The molecule has 1 saturated carbocycles. The number of nitrogens with zero attached hydrogens (tertiary/aromatic N) is 5. The summed E-state index contributed by atoms with van der Waals surface area (Å²) < 4.78 is 139. The smallest absolute Gasteiger partial charge is 0.203 e. The number of halogens is 10. The first-order valence-electron chi connectivity index (χ1n) is 12.5. The quantitative estimate of drug-likeness (QED) is 0.159. The SMILES string of the molecule is Cc1ccc(/C(C#N)=C2/C(=C(C#N)c3ccc(C(F)(F)F)cc3C#N)/C2=C(/C#N)c2c(F)c(F)c(C(F)(F)F)c(F)c2F)c(C#N)c1. The molecule has 1 aliphatic carbocycles. The number of hydrogen-bond acceptors (Lipinski definition) is 5. The number of allylic oxidation sites excluding steroid dienone is 6. The number of aryl methyl sites for hydroxylation is 1. The van der Waals surface area contributed by atoms with Crippen LogP contribution in [0.3, 0.4) is 0 Å². The summed E-state index contributed by atoms with van der Waals surface area (Å²) in [6, 6.07) is 13.1. The minimum Gasteiger partial charge on any atom is -0.203 e. The molecule has 0 N–H and O–H groups in total. The molecule has 0 unspecified atom stereocenters. The molecule has 232 valence electrons. The molecule has 5 nitrogen and oxygen atoms in total. The molecule has 15 heteroatoms. The van der Waals surface area contributed by atoms with Crippen LogP contribution in [-0.2, 0) is 12.4 Å². The molecule has 0 saturated heterocycles.